The molecule has 1 heterocycles. The smallest absolute Gasteiger partial charge is 0.306 e. The van der Waals surface area contributed by atoms with Gasteiger partial charge in [-0.3, -0.25) is 4.79 Å². The van der Waals surface area contributed by atoms with Crippen LogP contribution < -0.4 is 4.74 Å². The van der Waals surface area contributed by atoms with Crippen LogP contribution in [0.3, 0.4) is 0 Å². The molecule has 0 saturated heterocycles. The van der Waals surface area contributed by atoms with E-state index < -0.39 is 0 Å². The maximum absolute atomic E-state index is 11.5. The van der Waals surface area contributed by atoms with Crippen molar-refractivity contribution in [3.05, 3.63) is 82.4 Å². The first kappa shape index (κ1) is 22.1. The standard InChI is InChI=1S/C25H27ClO4/c1-3-29-25(27)12-10-20-9-11-22(15-24(20)26)30-17-21-16-28-14-13-23(21)18(2)19-7-5-4-6-8-19/h4-9,11,15H,2-3,10,12-14,16-17H2,1H3. The second-order valence-electron chi connectivity index (χ2n) is 7.08. The van der Waals surface area contributed by atoms with E-state index >= 15 is 0 Å². The summed E-state index contributed by atoms with van der Waals surface area (Å²) >= 11 is 6.39. The Kier molecular flexibility index (Phi) is 8.12. The molecule has 0 radical (unpaired) electrons. The molecule has 0 spiro atoms. The van der Waals surface area contributed by atoms with Crippen LogP contribution in [0.2, 0.25) is 5.02 Å². The Hall–Kier alpha value is -2.56. The highest BCUT2D eigenvalue weighted by Crippen LogP contribution is 2.30. The van der Waals surface area contributed by atoms with E-state index in [0.717, 1.165) is 28.7 Å². The number of rotatable bonds is 9. The third-order valence-corrected chi connectivity index (χ3v) is 5.38. The van der Waals surface area contributed by atoms with Gasteiger partial charge in [0.15, 0.2) is 0 Å². The third kappa shape index (κ3) is 5.97. The Balaban J connectivity index is 1.66. The van der Waals surface area contributed by atoms with Crippen LogP contribution in [0.1, 0.15) is 30.9 Å². The predicted molar refractivity (Wildman–Crippen MR) is 120 cm³/mol. The molecule has 0 amide bonds. The quantitative estimate of drug-likeness (QED) is 0.486. The fourth-order valence-electron chi connectivity index (χ4n) is 3.40. The number of carbonyl (C=O) groups excluding carboxylic acids is 1. The molecule has 1 aliphatic rings. The van der Waals surface area contributed by atoms with Crippen molar-refractivity contribution < 1.29 is 19.0 Å². The van der Waals surface area contributed by atoms with Gasteiger partial charge in [0, 0.05) is 11.4 Å². The number of benzene rings is 2. The summed E-state index contributed by atoms with van der Waals surface area (Å²) in [5.74, 6) is 0.465. The van der Waals surface area contributed by atoms with Crippen LogP contribution >= 0.6 is 11.6 Å². The van der Waals surface area contributed by atoms with Crippen molar-refractivity contribution in [1.82, 2.24) is 0 Å². The Bertz CT molecular complexity index is 918. The Morgan fingerprint density at radius 1 is 1.20 bits per heavy atom. The minimum absolute atomic E-state index is 0.218. The molecule has 0 bridgehead atoms. The molecule has 0 aromatic heterocycles. The van der Waals surface area contributed by atoms with Gasteiger partial charge in [-0.15, -0.1) is 0 Å². The van der Waals surface area contributed by atoms with Gasteiger partial charge < -0.3 is 14.2 Å². The van der Waals surface area contributed by atoms with Crippen LogP contribution in [-0.2, 0) is 20.7 Å². The van der Waals surface area contributed by atoms with Crippen molar-refractivity contribution in [2.75, 3.05) is 26.4 Å². The summed E-state index contributed by atoms with van der Waals surface area (Å²) in [4.78, 5) is 11.5. The highest BCUT2D eigenvalue weighted by molar-refractivity contribution is 6.31. The summed E-state index contributed by atoms with van der Waals surface area (Å²) in [5.41, 5.74) is 5.32. The molecule has 158 valence electrons. The van der Waals surface area contributed by atoms with Gasteiger partial charge in [-0.2, -0.15) is 0 Å². The van der Waals surface area contributed by atoms with Crippen LogP contribution in [0.4, 0.5) is 0 Å². The van der Waals surface area contributed by atoms with Crippen LogP contribution in [0.25, 0.3) is 5.57 Å². The van der Waals surface area contributed by atoms with Crippen LogP contribution in [0, 0.1) is 0 Å². The lowest BCUT2D eigenvalue weighted by Gasteiger charge is -2.23. The van der Waals surface area contributed by atoms with Crippen LogP contribution in [0.5, 0.6) is 5.75 Å². The van der Waals surface area contributed by atoms with Crippen molar-refractivity contribution >= 4 is 23.1 Å². The number of hydrogen-bond donors (Lipinski definition) is 0. The fourth-order valence-corrected chi connectivity index (χ4v) is 3.67. The van der Waals surface area contributed by atoms with Gasteiger partial charge in [0.25, 0.3) is 0 Å². The third-order valence-electron chi connectivity index (χ3n) is 5.03. The molecule has 0 unspecified atom stereocenters. The van der Waals surface area contributed by atoms with Crippen molar-refractivity contribution in [3.8, 4) is 5.75 Å². The molecule has 0 saturated carbocycles. The molecule has 0 aliphatic carbocycles. The molecule has 3 rings (SSSR count). The topological polar surface area (TPSA) is 44.8 Å². The average molecular weight is 427 g/mol. The molecule has 2 aromatic carbocycles. The number of aryl methyl sites for hydroxylation is 1. The maximum atomic E-state index is 11.5. The summed E-state index contributed by atoms with van der Waals surface area (Å²) in [7, 11) is 0. The van der Waals surface area contributed by atoms with Gasteiger partial charge in [-0.25, -0.2) is 0 Å². The maximum Gasteiger partial charge on any atom is 0.306 e. The normalized spacial score (nSPS) is 13.8. The summed E-state index contributed by atoms with van der Waals surface area (Å²) in [6, 6.07) is 15.7. The molecule has 30 heavy (non-hydrogen) atoms. The zero-order valence-electron chi connectivity index (χ0n) is 17.3. The van der Waals surface area contributed by atoms with Crippen LogP contribution in [-0.4, -0.2) is 32.4 Å². The van der Waals surface area contributed by atoms with Gasteiger partial charge in [0.05, 0.1) is 19.8 Å². The van der Waals surface area contributed by atoms with E-state index in [1.165, 1.54) is 5.57 Å². The molecular weight excluding hydrogens is 400 g/mol. The van der Waals surface area contributed by atoms with Crippen molar-refractivity contribution in [2.45, 2.75) is 26.2 Å². The van der Waals surface area contributed by atoms with Crippen molar-refractivity contribution in [1.29, 1.82) is 0 Å². The average Bonchev–Trinajstić information content (AvgIpc) is 2.77. The molecule has 4 nitrogen and oxygen atoms in total. The van der Waals surface area contributed by atoms with E-state index in [1.54, 1.807) is 13.0 Å². The first-order valence-corrected chi connectivity index (χ1v) is 10.6. The monoisotopic (exact) mass is 426 g/mol. The zero-order chi connectivity index (χ0) is 21.3. The minimum atomic E-state index is -0.218. The van der Waals surface area contributed by atoms with E-state index in [9.17, 15) is 4.79 Å². The van der Waals surface area contributed by atoms with E-state index in [-0.39, 0.29) is 5.97 Å². The van der Waals surface area contributed by atoms with Crippen LogP contribution in [0.15, 0.2) is 66.3 Å². The lowest BCUT2D eigenvalue weighted by atomic mass is 9.92. The second-order valence-corrected chi connectivity index (χ2v) is 7.48. The number of carbonyl (C=O) groups is 1. The second kappa shape index (κ2) is 11.0. The first-order chi connectivity index (χ1) is 14.6. The summed E-state index contributed by atoms with van der Waals surface area (Å²) in [6.07, 6.45) is 1.67. The van der Waals surface area contributed by atoms with Gasteiger partial charge in [0.2, 0.25) is 0 Å². The number of ether oxygens (including phenoxy) is 3. The number of allylic oxidation sites excluding steroid dienone is 1. The van der Waals surface area contributed by atoms with Gasteiger partial charge in [-0.1, -0.05) is 54.6 Å². The number of halogens is 1. The van der Waals surface area contributed by atoms with Crippen molar-refractivity contribution in [2.24, 2.45) is 0 Å². The van der Waals surface area contributed by atoms with E-state index in [1.807, 2.05) is 30.3 Å². The van der Waals surface area contributed by atoms with E-state index in [4.69, 9.17) is 25.8 Å². The predicted octanol–water partition coefficient (Wildman–Crippen LogP) is 5.64. The molecule has 0 atom stereocenters. The summed E-state index contributed by atoms with van der Waals surface area (Å²) < 4.78 is 16.6. The molecule has 1 aliphatic heterocycles. The number of esters is 1. The first-order valence-electron chi connectivity index (χ1n) is 10.2. The lowest BCUT2D eigenvalue weighted by Crippen LogP contribution is -2.17. The Labute approximate surface area is 183 Å². The Morgan fingerprint density at radius 2 is 2.00 bits per heavy atom. The zero-order valence-corrected chi connectivity index (χ0v) is 18.0. The highest BCUT2D eigenvalue weighted by Gasteiger charge is 2.17. The van der Waals surface area contributed by atoms with Crippen molar-refractivity contribution in [3.63, 3.8) is 0 Å². The molecule has 5 heteroatoms. The summed E-state index contributed by atoms with van der Waals surface area (Å²) in [5, 5.41) is 0.583. The summed E-state index contributed by atoms with van der Waals surface area (Å²) in [6.45, 7) is 8.12. The minimum Gasteiger partial charge on any atom is -0.489 e. The largest absolute Gasteiger partial charge is 0.489 e. The van der Waals surface area contributed by atoms with E-state index in [0.29, 0.717) is 50.0 Å². The number of hydrogen-bond acceptors (Lipinski definition) is 4. The van der Waals surface area contributed by atoms with Gasteiger partial charge >= 0.3 is 5.97 Å². The highest BCUT2D eigenvalue weighted by atomic mass is 35.5. The van der Waals surface area contributed by atoms with E-state index in [2.05, 4.69) is 18.7 Å². The molecular formula is C25H27ClO4. The Morgan fingerprint density at radius 3 is 2.73 bits per heavy atom. The lowest BCUT2D eigenvalue weighted by molar-refractivity contribution is -0.143. The molecule has 0 fully saturated rings. The molecule has 0 N–H and O–H groups in total. The molecule has 2 aromatic rings. The van der Waals surface area contributed by atoms with Gasteiger partial charge in [-0.05, 0) is 59.7 Å². The van der Waals surface area contributed by atoms with Gasteiger partial charge in [0.1, 0.15) is 12.4 Å². The SMILES string of the molecule is C=C(C1=C(COc2ccc(CCC(=O)OCC)c(Cl)c2)COCC1)c1ccccc1. The fraction of sp³-hybridized carbons (Fsp3) is 0.320.